The van der Waals surface area contributed by atoms with Crippen LogP contribution in [0.25, 0.3) is 11.2 Å². The summed E-state index contributed by atoms with van der Waals surface area (Å²) in [5, 5.41) is 32.9. The summed E-state index contributed by atoms with van der Waals surface area (Å²) >= 11 is 0. The summed E-state index contributed by atoms with van der Waals surface area (Å²) < 4.78 is 12.7. The summed E-state index contributed by atoms with van der Waals surface area (Å²) in [6.45, 7) is 2.86. The lowest BCUT2D eigenvalue weighted by atomic mass is 10.1. The number of hydrogen-bond donors (Lipinski definition) is 4. The molecule has 3 heterocycles. The Kier molecular flexibility index (Phi) is 7.71. The normalized spacial score (nSPS) is 20.6. The van der Waals surface area contributed by atoms with Gasteiger partial charge in [0.1, 0.15) is 18.3 Å². The highest BCUT2D eigenvalue weighted by atomic mass is 16.6. The molecule has 1 aliphatic rings. The van der Waals surface area contributed by atoms with Gasteiger partial charge in [0.05, 0.1) is 24.3 Å². The zero-order valence-electron chi connectivity index (χ0n) is 21.7. The molecule has 5 rings (SSSR count). The standard InChI is InChI=1S/C27H28N6O7/c1-15(2)23(37)30-26-29-22-19(28-14-32(22)25-21(36)20(35)18(13-34)39-25)24(31-26)40-27(38)33(16-9-5-3-6-10-16)17-11-7-4-8-12-17/h3-12,14-15,18,20-21,25,34-36H,13H2,1-2H3,(H,29,30,31,37)/t18-,20-,21-,25+/m1/s1. The lowest BCUT2D eigenvalue weighted by Crippen LogP contribution is -2.33. The second-order valence-corrected chi connectivity index (χ2v) is 9.42. The largest absolute Gasteiger partial charge is 0.425 e. The fourth-order valence-electron chi connectivity index (χ4n) is 4.21. The molecule has 208 valence electrons. The number of hydrogen-bond acceptors (Lipinski definition) is 10. The summed E-state index contributed by atoms with van der Waals surface area (Å²) in [5.74, 6) is -1.21. The molecule has 2 aromatic carbocycles. The first-order valence-electron chi connectivity index (χ1n) is 12.6. The average molecular weight is 549 g/mol. The Morgan fingerprint density at radius 1 is 1.02 bits per heavy atom. The minimum atomic E-state index is -1.42. The van der Waals surface area contributed by atoms with Crippen LogP contribution in [0.4, 0.5) is 22.1 Å². The summed E-state index contributed by atoms with van der Waals surface area (Å²) in [6.07, 6.45) is -4.53. The molecule has 1 saturated heterocycles. The Hall–Kier alpha value is -4.43. The second kappa shape index (κ2) is 11.4. The van der Waals surface area contributed by atoms with Crippen molar-refractivity contribution in [2.24, 2.45) is 5.92 Å². The van der Waals surface area contributed by atoms with Gasteiger partial charge in [-0.15, -0.1) is 0 Å². The van der Waals surface area contributed by atoms with E-state index in [-0.39, 0.29) is 28.9 Å². The molecule has 13 nitrogen and oxygen atoms in total. The zero-order valence-corrected chi connectivity index (χ0v) is 21.7. The van der Waals surface area contributed by atoms with Crippen LogP contribution >= 0.6 is 0 Å². The van der Waals surface area contributed by atoms with Crippen molar-refractivity contribution in [3.8, 4) is 5.88 Å². The number of anilines is 3. The van der Waals surface area contributed by atoms with Gasteiger partial charge in [0.15, 0.2) is 17.4 Å². The highest BCUT2D eigenvalue weighted by Gasteiger charge is 2.44. The number of aromatic nitrogens is 4. The van der Waals surface area contributed by atoms with E-state index in [1.807, 2.05) is 12.1 Å². The number of para-hydroxylation sites is 2. The van der Waals surface area contributed by atoms with Crippen molar-refractivity contribution in [3.05, 3.63) is 67.0 Å². The topological polar surface area (TPSA) is 172 Å². The van der Waals surface area contributed by atoms with Gasteiger partial charge in [0.25, 0.3) is 5.88 Å². The van der Waals surface area contributed by atoms with E-state index in [0.29, 0.717) is 11.4 Å². The number of fused-ring (bicyclic) bond motifs is 1. The molecule has 4 aromatic rings. The number of carbonyl (C=O) groups is 2. The number of nitrogens with zero attached hydrogens (tertiary/aromatic N) is 5. The van der Waals surface area contributed by atoms with Crippen molar-refractivity contribution < 1.29 is 34.4 Å². The molecule has 13 heteroatoms. The summed E-state index contributed by atoms with van der Waals surface area (Å²) in [5.41, 5.74) is 1.16. The second-order valence-electron chi connectivity index (χ2n) is 9.42. The summed E-state index contributed by atoms with van der Waals surface area (Å²) in [4.78, 5) is 40.3. The van der Waals surface area contributed by atoms with Crippen LogP contribution in [-0.2, 0) is 9.53 Å². The van der Waals surface area contributed by atoms with Gasteiger partial charge in [0, 0.05) is 5.92 Å². The molecule has 4 atom stereocenters. The number of ether oxygens (including phenoxy) is 2. The third kappa shape index (κ3) is 5.22. The SMILES string of the molecule is CC(C)C(=O)Nc1nc(OC(=O)N(c2ccccc2)c2ccccc2)c2ncn([C@H]3O[C@H](CO)[C@@H](O)[C@H]3O)c2n1. The van der Waals surface area contributed by atoms with E-state index in [4.69, 9.17) is 9.47 Å². The molecule has 0 saturated carbocycles. The minimum absolute atomic E-state index is 0.0368. The molecule has 0 spiro atoms. The molecule has 1 aliphatic heterocycles. The molecule has 0 aliphatic carbocycles. The van der Waals surface area contributed by atoms with Crippen LogP contribution in [-0.4, -0.2) is 71.8 Å². The first-order valence-corrected chi connectivity index (χ1v) is 12.6. The monoisotopic (exact) mass is 548 g/mol. The Morgan fingerprint density at radius 2 is 1.65 bits per heavy atom. The number of aliphatic hydroxyl groups is 3. The number of amides is 2. The van der Waals surface area contributed by atoms with E-state index in [2.05, 4.69) is 20.3 Å². The van der Waals surface area contributed by atoms with Crippen LogP contribution in [0.2, 0.25) is 0 Å². The fraction of sp³-hybridized carbons (Fsp3) is 0.296. The summed E-state index contributed by atoms with van der Waals surface area (Å²) in [7, 11) is 0. The van der Waals surface area contributed by atoms with E-state index in [9.17, 15) is 24.9 Å². The molecule has 2 aromatic heterocycles. The average Bonchev–Trinajstić information content (AvgIpc) is 3.50. The Bertz CT molecular complexity index is 1460. The number of rotatable bonds is 7. The van der Waals surface area contributed by atoms with E-state index < -0.39 is 43.2 Å². The van der Waals surface area contributed by atoms with Crippen molar-refractivity contribution in [2.75, 3.05) is 16.8 Å². The molecule has 0 bridgehead atoms. The van der Waals surface area contributed by atoms with Crippen molar-refractivity contribution in [1.82, 2.24) is 19.5 Å². The van der Waals surface area contributed by atoms with Crippen molar-refractivity contribution >= 4 is 40.5 Å². The molecule has 1 fully saturated rings. The van der Waals surface area contributed by atoms with E-state index in [1.165, 1.54) is 15.8 Å². The molecule has 40 heavy (non-hydrogen) atoms. The van der Waals surface area contributed by atoms with Gasteiger partial charge < -0.3 is 24.8 Å². The van der Waals surface area contributed by atoms with Crippen LogP contribution in [0.15, 0.2) is 67.0 Å². The minimum Gasteiger partial charge on any atom is -0.394 e. The van der Waals surface area contributed by atoms with Gasteiger partial charge in [-0.05, 0) is 24.3 Å². The predicted octanol–water partition coefficient (Wildman–Crippen LogP) is 2.37. The number of benzene rings is 2. The predicted molar refractivity (Wildman–Crippen MR) is 143 cm³/mol. The fourth-order valence-corrected chi connectivity index (χ4v) is 4.21. The Balaban J connectivity index is 1.57. The van der Waals surface area contributed by atoms with Gasteiger partial charge in [-0.3, -0.25) is 14.7 Å². The third-order valence-electron chi connectivity index (χ3n) is 6.34. The number of aliphatic hydroxyl groups excluding tert-OH is 3. The molecular weight excluding hydrogens is 520 g/mol. The maximum Gasteiger partial charge on any atom is 0.425 e. The van der Waals surface area contributed by atoms with Crippen molar-refractivity contribution in [3.63, 3.8) is 0 Å². The van der Waals surface area contributed by atoms with Crippen molar-refractivity contribution in [1.29, 1.82) is 0 Å². The molecule has 0 unspecified atom stereocenters. The van der Waals surface area contributed by atoms with Gasteiger partial charge >= 0.3 is 6.09 Å². The van der Waals surface area contributed by atoms with Gasteiger partial charge in [-0.25, -0.2) is 14.7 Å². The first kappa shape index (κ1) is 27.1. The van der Waals surface area contributed by atoms with E-state index >= 15 is 0 Å². The molecule has 2 amide bonds. The van der Waals surface area contributed by atoms with Gasteiger partial charge in [0.2, 0.25) is 11.9 Å². The Morgan fingerprint density at radius 3 is 2.20 bits per heavy atom. The maximum absolute atomic E-state index is 13.6. The zero-order chi connectivity index (χ0) is 28.4. The van der Waals surface area contributed by atoms with Crippen LogP contribution in [0.3, 0.4) is 0 Å². The third-order valence-corrected chi connectivity index (χ3v) is 6.34. The smallest absolute Gasteiger partial charge is 0.394 e. The lowest BCUT2D eigenvalue weighted by Gasteiger charge is -2.22. The number of carbonyl (C=O) groups excluding carboxylic acids is 2. The quantitative estimate of drug-likeness (QED) is 0.269. The van der Waals surface area contributed by atoms with Crippen LogP contribution in [0.1, 0.15) is 20.1 Å². The highest BCUT2D eigenvalue weighted by molar-refractivity contribution is 5.98. The number of imidazole rings is 1. The summed E-state index contributed by atoms with van der Waals surface area (Å²) in [6, 6.07) is 17.7. The van der Waals surface area contributed by atoms with Crippen LogP contribution in [0, 0.1) is 5.92 Å². The maximum atomic E-state index is 13.6. The first-order chi connectivity index (χ1) is 19.3. The number of nitrogens with one attached hydrogen (secondary N) is 1. The molecule has 4 N–H and O–H groups in total. The van der Waals surface area contributed by atoms with Crippen LogP contribution in [0.5, 0.6) is 5.88 Å². The van der Waals surface area contributed by atoms with Crippen LogP contribution < -0.4 is 15.0 Å². The van der Waals surface area contributed by atoms with E-state index in [1.54, 1.807) is 62.4 Å². The molecular formula is C27H28N6O7. The lowest BCUT2D eigenvalue weighted by molar-refractivity contribution is -0.118. The Labute approximate surface area is 228 Å². The van der Waals surface area contributed by atoms with E-state index in [0.717, 1.165) is 0 Å². The van der Waals surface area contributed by atoms with Crippen molar-refractivity contribution in [2.45, 2.75) is 38.4 Å². The highest BCUT2D eigenvalue weighted by Crippen LogP contribution is 2.34. The van der Waals surface area contributed by atoms with Gasteiger partial charge in [-0.2, -0.15) is 9.97 Å². The van der Waals surface area contributed by atoms with Gasteiger partial charge in [-0.1, -0.05) is 50.2 Å². The molecule has 0 radical (unpaired) electrons.